The van der Waals surface area contributed by atoms with E-state index in [1.165, 1.54) is 0 Å². The number of hydrogen-bond donors (Lipinski definition) is 0. The van der Waals surface area contributed by atoms with E-state index in [-0.39, 0.29) is 18.6 Å². The summed E-state index contributed by atoms with van der Waals surface area (Å²) in [5.41, 5.74) is 1.13. The topological polar surface area (TPSA) is 51.7 Å². The van der Waals surface area contributed by atoms with Crippen molar-refractivity contribution >= 4 is 5.91 Å². The van der Waals surface area contributed by atoms with Gasteiger partial charge in [0.25, 0.3) is 5.91 Å². The highest BCUT2D eigenvalue weighted by Gasteiger charge is 2.28. The van der Waals surface area contributed by atoms with Crippen molar-refractivity contribution in [3.63, 3.8) is 0 Å². The molecule has 1 atom stereocenters. The summed E-state index contributed by atoms with van der Waals surface area (Å²) in [4.78, 5) is 18.3. The zero-order valence-corrected chi connectivity index (χ0v) is 14.2. The molecule has 1 unspecified atom stereocenters. The number of allylic oxidation sites excluding steroid dienone is 2. The van der Waals surface area contributed by atoms with Gasteiger partial charge in [-0.2, -0.15) is 0 Å². The first-order valence-corrected chi connectivity index (χ1v) is 8.28. The molecule has 1 aliphatic heterocycles. The molecule has 1 saturated heterocycles. The van der Waals surface area contributed by atoms with Gasteiger partial charge in [-0.25, -0.2) is 4.98 Å². The maximum Gasteiger partial charge on any atom is 0.260 e. The zero-order chi connectivity index (χ0) is 16.7. The fourth-order valence-corrected chi connectivity index (χ4v) is 2.55. The average Bonchev–Trinajstić information content (AvgIpc) is 3.03. The molecule has 1 aromatic heterocycles. The van der Waals surface area contributed by atoms with E-state index in [1.807, 2.05) is 26.0 Å². The Bertz CT molecular complexity index is 557. The fraction of sp³-hybridized carbons (Fsp3) is 0.556. The molecule has 0 N–H and O–H groups in total. The molecule has 0 bridgehead atoms. The van der Waals surface area contributed by atoms with E-state index < -0.39 is 0 Å². The van der Waals surface area contributed by atoms with Crippen LogP contribution >= 0.6 is 0 Å². The van der Waals surface area contributed by atoms with Crippen molar-refractivity contribution in [2.24, 2.45) is 0 Å². The highest BCUT2D eigenvalue weighted by Crippen LogP contribution is 2.21. The summed E-state index contributed by atoms with van der Waals surface area (Å²) < 4.78 is 11.4. The van der Waals surface area contributed by atoms with Crippen molar-refractivity contribution in [1.82, 2.24) is 9.88 Å². The van der Waals surface area contributed by atoms with E-state index in [0.29, 0.717) is 19.0 Å². The van der Waals surface area contributed by atoms with Crippen molar-refractivity contribution in [2.75, 3.05) is 19.7 Å². The van der Waals surface area contributed by atoms with Crippen molar-refractivity contribution in [3.05, 3.63) is 35.7 Å². The molecular formula is C18H26N2O3. The normalized spacial score (nSPS) is 18.1. The molecule has 23 heavy (non-hydrogen) atoms. The summed E-state index contributed by atoms with van der Waals surface area (Å²) in [6, 6.07) is 3.99. The lowest BCUT2D eigenvalue weighted by Crippen LogP contribution is -2.33. The third-order valence-corrected chi connectivity index (χ3v) is 3.98. The first-order valence-electron chi connectivity index (χ1n) is 8.28. The molecule has 1 aliphatic rings. The van der Waals surface area contributed by atoms with Crippen LogP contribution < -0.4 is 4.74 Å². The largest absolute Gasteiger partial charge is 0.489 e. The number of carbonyl (C=O) groups is 1. The monoisotopic (exact) mass is 318 g/mol. The second-order valence-electron chi connectivity index (χ2n) is 5.77. The average molecular weight is 318 g/mol. The van der Waals surface area contributed by atoms with Gasteiger partial charge in [-0.15, -0.1) is 0 Å². The maximum absolute atomic E-state index is 12.1. The number of carbonyl (C=O) groups excluding carboxylic acids is 1. The van der Waals surface area contributed by atoms with Gasteiger partial charge in [-0.1, -0.05) is 19.4 Å². The molecular weight excluding hydrogens is 292 g/mol. The van der Waals surface area contributed by atoms with Crippen LogP contribution in [0.25, 0.3) is 0 Å². The minimum atomic E-state index is 0.00658. The first kappa shape index (κ1) is 17.3. The Morgan fingerprint density at radius 2 is 2.35 bits per heavy atom. The van der Waals surface area contributed by atoms with Crippen LogP contribution in [0.15, 0.2) is 30.2 Å². The minimum Gasteiger partial charge on any atom is -0.489 e. The summed E-state index contributed by atoms with van der Waals surface area (Å²) >= 11 is 0. The quantitative estimate of drug-likeness (QED) is 0.725. The first-order chi connectivity index (χ1) is 11.1. The number of hydrogen-bond acceptors (Lipinski definition) is 4. The van der Waals surface area contributed by atoms with Crippen LogP contribution in [0.3, 0.4) is 0 Å². The van der Waals surface area contributed by atoms with Crippen LogP contribution in [-0.2, 0) is 16.0 Å². The number of nitrogens with zero attached hydrogens (tertiary/aromatic N) is 2. The predicted molar refractivity (Wildman–Crippen MR) is 89.2 cm³/mol. The summed E-state index contributed by atoms with van der Waals surface area (Å²) in [5.74, 6) is 1.48. The Morgan fingerprint density at radius 1 is 1.52 bits per heavy atom. The summed E-state index contributed by atoms with van der Waals surface area (Å²) in [5, 5.41) is 0. The van der Waals surface area contributed by atoms with Crippen LogP contribution in [0.2, 0.25) is 0 Å². The lowest BCUT2D eigenvalue weighted by molar-refractivity contribution is -0.134. The van der Waals surface area contributed by atoms with Crippen LogP contribution in [0.5, 0.6) is 5.88 Å². The summed E-state index contributed by atoms with van der Waals surface area (Å²) in [7, 11) is 0. The van der Waals surface area contributed by atoms with Gasteiger partial charge in [0.1, 0.15) is 6.10 Å². The molecule has 1 fully saturated rings. The Balaban J connectivity index is 1.87. The van der Waals surface area contributed by atoms with Crippen LogP contribution in [0.4, 0.5) is 0 Å². The standard InChI is InChI=1S/C18H26N2O3/c1-4-7-15-8-6-10-19-18(15)23-16-9-11-20(12-16)17(21)13-22-14(3)5-2/h5-6,8,10,16H,4,7,9,11-13H2,1-3H3/b14-5+. The van der Waals surface area contributed by atoms with Gasteiger partial charge in [-0.3, -0.25) is 4.79 Å². The Hall–Kier alpha value is -2.04. The molecule has 0 aliphatic carbocycles. The van der Waals surface area contributed by atoms with E-state index in [0.717, 1.165) is 30.6 Å². The molecule has 0 aromatic carbocycles. The lowest BCUT2D eigenvalue weighted by Gasteiger charge is -2.18. The molecule has 5 heteroatoms. The van der Waals surface area contributed by atoms with Gasteiger partial charge in [0.2, 0.25) is 5.88 Å². The van der Waals surface area contributed by atoms with Crippen LogP contribution in [0.1, 0.15) is 39.2 Å². The van der Waals surface area contributed by atoms with Gasteiger partial charge in [-0.05, 0) is 32.4 Å². The number of likely N-dealkylation sites (tertiary alicyclic amines) is 1. The number of rotatable bonds is 7. The molecule has 0 spiro atoms. The molecule has 1 amide bonds. The third kappa shape index (κ3) is 4.98. The van der Waals surface area contributed by atoms with E-state index in [4.69, 9.17) is 9.47 Å². The molecule has 5 nitrogen and oxygen atoms in total. The summed E-state index contributed by atoms with van der Waals surface area (Å²) in [6.45, 7) is 7.27. The Labute approximate surface area is 138 Å². The highest BCUT2D eigenvalue weighted by molar-refractivity contribution is 5.77. The molecule has 2 rings (SSSR count). The summed E-state index contributed by atoms with van der Waals surface area (Å²) in [6.07, 6.45) is 6.44. The van der Waals surface area contributed by atoms with E-state index >= 15 is 0 Å². The lowest BCUT2D eigenvalue weighted by atomic mass is 10.1. The van der Waals surface area contributed by atoms with E-state index in [2.05, 4.69) is 18.0 Å². The number of aryl methyl sites for hydroxylation is 1. The van der Waals surface area contributed by atoms with Crippen LogP contribution in [-0.4, -0.2) is 41.6 Å². The molecule has 126 valence electrons. The number of ether oxygens (including phenoxy) is 2. The molecule has 0 radical (unpaired) electrons. The van der Waals surface area contributed by atoms with Gasteiger partial charge >= 0.3 is 0 Å². The van der Waals surface area contributed by atoms with Gasteiger partial charge in [0.05, 0.1) is 12.3 Å². The smallest absolute Gasteiger partial charge is 0.260 e. The number of amides is 1. The fourth-order valence-electron chi connectivity index (χ4n) is 2.55. The van der Waals surface area contributed by atoms with Gasteiger partial charge in [0.15, 0.2) is 6.61 Å². The molecule has 2 heterocycles. The molecule has 0 saturated carbocycles. The third-order valence-electron chi connectivity index (χ3n) is 3.98. The highest BCUT2D eigenvalue weighted by atomic mass is 16.5. The van der Waals surface area contributed by atoms with Gasteiger partial charge in [0, 0.05) is 24.7 Å². The second-order valence-corrected chi connectivity index (χ2v) is 5.77. The minimum absolute atomic E-state index is 0.00658. The Kier molecular flexibility index (Phi) is 6.44. The van der Waals surface area contributed by atoms with Crippen molar-refractivity contribution in [2.45, 2.75) is 46.1 Å². The van der Waals surface area contributed by atoms with Gasteiger partial charge < -0.3 is 14.4 Å². The number of aromatic nitrogens is 1. The Morgan fingerprint density at radius 3 is 3.09 bits per heavy atom. The van der Waals surface area contributed by atoms with E-state index in [1.54, 1.807) is 11.1 Å². The zero-order valence-electron chi connectivity index (χ0n) is 14.2. The maximum atomic E-state index is 12.1. The van der Waals surface area contributed by atoms with Crippen molar-refractivity contribution in [3.8, 4) is 5.88 Å². The molecule has 1 aromatic rings. The second kappa shape index (κ2) is 8.56. The van der Waals surface area contributed by atoms with Crippen molar-refractivity contribution in [1.29, 1.82) is 0 Å². The number of pyridine rings is 1. The van der Waals surface area contributed by atoms with Crippen molar-refractivity contribution < 1.29 is 14.3 Å². The van der Waals surface area contributed by atoms with E-state index in [9.17, 15) is 4.79 Å². The van der Waals surface area contributed by atoms with Crippen LogP contribution in [0, 0.1) is 0 Å². The SMILES string of the molecule is C/C=C(\C)OCC(=O)N1CCC(Oc2ncccc2CCC)C1. The predicted octanol–water partition coefficient (Wildman–Crippen LogP) is 2.95.